The van der Waals surface area contributed by atoms with Crippen molar-refractivity contribution in [3.63, 3.8) is 0 Å². The zero-order valence-corrected chi connectivity index (χ0v) is 10.6. The topological polar surface area (TPSA) is 0 Å². The molecule has 0 spiro atoms. The Morgan fingerprint density at radius 1 is 0.941 bits per heavy atom. The molecule has 2 rings (SSSR count). The van der Waals surface area contributed by atoms with Gasteiger partial charge in [0.1, 0.15) is 0 Å². The van der Waals surface area contributed by atoms with Crippen LogP contribution in [0.15, 0.2) is 65.6 Å². The van der Waals surface area contributed by atoms with E-state index in [4.69, 9.17) is 0 Å². The number of benzene rings is 2. The Morgan fingerprint density at radius 2 is 1.76 bits per heavy atom. The standard InChI is InChI=1S/C16H16S/c17-16-12-6-11-15(13-16)10-5-4-9-14-7-2-1-3-8-14/h1-4,6-9,11-13,17H,5,10H2/b9-4+. The van der Waals surface area contributed by atoms with Crippen LogP contribution in [-0.2, 0) is 6.42 Å². The highest BCUT2D eigenvalue weighted by Gasteiger charge is 1.91. The minimum Gasteiger partial charge on any atom is -0.143 e. The molecule has 0 aliphatic heterocycles. The maximum Gasteiger partial charge on any atom is 0.00427 e. The van der Waals surface area contributed by atoms with E-state index in [0.29, 0.717) is 0 Å². The van der Waals surface area contributed by atoms with Crippen LogP contribution in [0.4, 0.5) is 0 Å². The van der Waals surface area contributed by atoms with Gasteiger partial charge in [-0.2, -0.15) is 0 Å². The maximum absolute atomic E-state index is 4.34. The fourth-order valence-corrected chi connectivity index (χ4v) is 2.00. The van der Waals surface area contributed by atoms with Gasteiger partial charge in [-0.25, -0.2) is 0 Å². The van der Waals surface area contributed by atoms with E-state index in [-0.39, 0.29) is 0 Å². The van der Waals surface area contributed by atoms with E-state index in [1.54, 1.807) is 0 Å². The van der Waals surface area contributed by atoms with E-state index >= 15 is 0 Å². The summed E-state index contributed by atoms with van der Waals surface area (Å²) in [6.07, 6.45) is 6.52. The minimum absolute atomic E-state index is 1.04. The minimum atomic E-state index is 1.04. The van der Waals surface area contributed by atoms with Gasteiger partial charge < -0.3 is 0 Å². The van der Waals surface area contributed by atoms with Gasteiger partial charge in [0.05, 0.1) is 0 Å². The molecule has 0 bridgehead atoms. The van der Waals surface area contributed by atoms with E-state index in [1.165, 1.54) is 11.1 Å². The number of hydrogen-bond donors (Lipinski definition) is 1. The second-order valence-corrected chi connectivity index (χ2v) is 4.54. The lowest BCUT2D eigenvalue weighted by atomic mass is 10.1. The summed E-state index contributed by atoms with van der Waals surface area (Å²) in [4.78, 5) is 1.04. The van der Waals surface area contributed by atoms with E-state index in [9.17, 15) is 0 Å². The summed E-state index contributed by atoms with van der Waals surface area (Å²) >= 11 is 4.34. The Kier molecular flexibility index (Phi) is 4.45. The predicted molar refractivity (Wildman–Crippen MR) is 77.5 cm³/mol. The van der Waals surface area contributed by atoms with Crippen molar-refractivity contribution in [1.29, 1.82) is 0 Å². The lowest BCUT2D eigenvalue weighted by molar-refractivity contribution is 0.999. The molecule has 0 fully saturated rings. The third kappa shape index (κ3) is 4.12. The molecule has 0 N–H and O–H groups in total. The molecule has 0 nitrogen and oxygen atoms in total. The Balaban J connectivity index is 1.86. The fraction of sp³-hybridized carbons (Fsp3) is 0.125. The van der Waals surface area contributed by atoms with Gasteiger partial charge in [0.25, 0.3) is 0 Å². The number of hydrogen-bond acceptors (Lipinski definition) is 1. The Hall–Kier alpha value is -1.47. The molecule has 0 unspecified atom stereocenters. The van der Waals surface area contributed by atoms with Gasteiger partial charge in [-0.15, -0.1) is 12.6 Å². The molecule has 1 heteroatoms. The lowest BCUT2D eigenvalue weighted by Gasteiger charge is -1.99. The highest BCUT2D eigenvalue weighted by Crippen LogP contribution is 2.11. The van der Waals surface area contributed by atoms with Crippen LogP contribution in [0.25, 0.3) is 6.08 Å². The molecule has 0 heterocycles. The molecule has 0 aliphatic rings. The SMILES string of the molecule is Sc1cccc(CC/C=C/c2ccccc2)c1. The number of aryl methyl sites for hydroxylation is 1. The van der Waals surface area contributed by atoms with Gasteiger partial charge in [-0.05, 0) is 36.1 Å². The van der Waals surface area contributed by atoms with Crippen molar-refractivity contribution in [3.8, 4) is 0 Å². The molecule has 2 aromatic rings. The Morgan fingerprint density at radius 3 is 2.53 bits per heavy atom. The van der Waals surface area contributed by atoms with Crippen molar-refractivity contribution in [1.82, 2.24) is 0 Å². The number of allylic oxidation sites excluding steroid dienone is 1. The van der Waals surface area contributed by atoms with Crippen LogP contribution >= 0.6 is 12.6 Å². The van der Waals surface area contributed by atoms with E-state index < -0.39 is 0 Å². The zero-order chi connectivity index (χ0) is 11.9. The summed E-state index contributed by atoms with van der Waals surface area (Å²) in [5, 5.41) is 0. The monoisotopic (exact) mass is 240 g/mol. The van der Waals surface area contributed by atoms with Crippen LogP contribution in [0.3, 0.4) is 0 Å². The van der Waals surface area contributed by atoms with Crippen LogP contribution in [0.2, 0.25) is 0 Å². The second kappa shape index (κ2) is 6.31. The van der Waals surface area contributed by atoms with Gasteiger partial charge in [0.2, 0.25) is 0 Å². The maximum atomic E-state index is 4.34. The van der Waals surface area contributed by atoms with Gasteiger partial charge in [0.15, 0.2) is 0 Å². The molecule has 0 saturated carbocycles. The van der Waals surface area contributed by atoms with Crippen molar-refractivity contribution in [2.75, 3.05) is 0 Å². The van der Waals surface area contributed by atoms with Crippen LogP contribution in [0.1, 0.15) is 17.5 Å². The van der Waals surface area contributed by atoms with Crippen LogP contribution in [-0.4, -0.2) is 0 Å². The van der Waals surface area contributed by atoms with Gasteiger partial charge in [-0.3, -0.25) is 0 Å². The molecule has 0 aliphatic carbocycles. The third-order valence-electron chi connectivity index (χ3n) is 2.62. The molecule has 0 atom stereocenters. The summed E-state index contributed by atoms with van der Waals surface area (Å²) in [6, 6.07) is 18.7. The second-order valence-electron chi connectivity index (χ2n) is 4.02. The van der Waals surface area contributed by atoms with Gasteiger partial charge in [-0.1, -0.05) is 54.6 Å². The molecule has 0 saturated heterocycles. The van der Waals surface area contributed by atoms with Crippen LogP contribution in [0, 0.1) is 0 Å². The first-order valence-electron chi connectivity index (χ1n) is 5.84. The van der Waals surface area contributed by atoms with E-state index in [0.717, 1.165) is 17.7 Å². The summed E-state index contributed by atoms with van der Waals surface area (Å²) < 4.78 is 0. The highest BCUT2D eigenvalue weighted by atomic mass is 32.1. The molecule has 2 aromatic carbocycles. The summed E-state index contributed by atoms with van der Waals surface area (Å²) in [5.74, 6) is 0. The highest BCUT2D eigenvalue weighted by molar-refractivity contribution is 7.80. The van der Waals surface area contributed by atoms with Gasteiger partial charge in [0, 0.05) is 4.90 Å². The third-order valence-corrected chi connectivity index (χ3v) is 2.90. The van der Waals surface area contributed by atoms with Crippen molar-refractivity contribution < 1.29 is 0 Å². The average Bonchev–Trinajstić information content (AvgIpc) is 2.36. The summed E-state index contributed by atoms with van der Waals surface area (Å²) in [7, 11) is 0. The zero-order valence-electron chi connectivity index (χ0n) is 9.71. The first-order valence-corrected chi connectivity index (χ1v) is 6.29. The van der Waals surface area contributed by atoms with Crippen molar-refractivity contribution >= 4 is 18.7 Å². The first-order chi connectivity index (χ1) is 8.34. The molecule has 0 amide bonds. The van der Waals surface area contributed by atoms with Crippen molar-refractivity contribution in [2.24, 2.45) is 0 Å². The predicted octanol–water partition coefficient (Wildman–Crippen LogP) is 4.62. The number of thiol groups is 1. The normalized spacial score (nSPS) is 10.9. The smallest absolute Gasteiger partial charge is 0.00427 e. The van der Waals surface area contributed by atoms with Crippen LogP contribution < -0.4 is 0 Å². The summed E-state index contributed by atoms with van der Waals surface area (Å²) in [5.41, 5.74) is 2.60. The Bertz CT molecular complexity index is 486. The molecule has 0 aromatic heterocycles. The largest absolute Gasteiger partial charge is 0.143 e. The Labute approximate surface area is 108 Å². The molecular weight excluding hydrogens is 224 g/mol. The summed E-state index contributed by atoms with van der Waals surface area (Å²) in [6.45, 7) is 0. The first kappa shape index (κ1) is 12.0. The average molecular weight is 240 g/mol. The number of rotatable bonds is 4. The van der Waals surface area contributed by atoms with Crippen LogP contribution in [0.5, 0.6) is 0 Å². The van der Waals surface area contributed by atoms with E-state index in [2.05, 4.69) is 67.2 Å². The fourth-order valence-electron chi connectivity index (χ4n) is 1.75. The molecule has 0 radical (unpaired) electrons. The van der Waals surface area contributed by atoms with E-state index in [1.807, 2.05) is 12.1 Å². The van der Waals surface area contributed by atoms with Gasteiger partial charge >= 0.3 is 0 Å². The molecule has 86 valence electrons. The lowest BCUT2D eigenvalue weighted by Crippen LogP contribution is -1.82. The van der Waals surface area contributed by atoms with Crippen molar-refractivity contribution in [3.05, 3.63) is 71.8 Å². The quantitative estimate of drug-likeness (QED) is 0.741. The molecule has 17 heavy (non-hydrogen) atoms. The molecular formula is C16H16S. The van der Waals surface area contributed by atoms with Crippen molar-refractivity contribution in [2.45, 2.75) is 17.7 Å².